The lowest BCUT2D eigenvalue weighted by Gasteiger charge is -2.39. The Morgan fingerprint density at radius 3 is 2.83 bits per heavy atom. The molecule has 1 aromatic rings. The van der Waals surface area contributed by atoms with E-state index in [1.807, 2.05) is 6.92 Å². The van der Waals surface area contributed by atoms with Crippen molar-refractivity contribution in [2.75, 3.05) is 0 Å². The summed E-state index contributed by atoms with van der Waals surface area (Å²) in [6, 6.07) is 3.18. The van der Waals surface area contributed by atoms with Crippen LogP contribution in [0.25, 0.3) is 0 Å². The number of nitrogens with zero attached hydrogens (tertiary/aromatic N) is 1. The number of rotatable bonds is 3. The average Bonchev–Trinajstić information content (AvgIpc) is 2.39. The zero-order valence-corrected chi connectivity index (χ0v) is 11.3. The van der Waals surface area contributed by atoms with Crippen LogP contribution >= 0.6 is 0 Å². The van der Waals surface area contributed by atoms with Gasteiger partial charge < -0.3 is 5.73 Å². The van der Waals surface area contributed by atoms with Gasteiger partial charge in [0, 0.05) is 0 Å². The van der Waals surface area contributed by atoms with E-state index in [0.29, 0.717) is 5.92 Å². The smallest absolute Gasteiger partial charge is 0.141 e. The number of aromatic nitrogens is 1. The minimum Gasteiger partial charge on any atom is -0.320 e. The Labute approximate surface area is 109 Å². The van der Waals surface area contributed by atoms with Gasteiger partial charge in [-0.1, -0.05) is 26.2 Å². The Morgan fingerprint density at radius 1 is 1.44 bits per heavy atom. The lowest BCUT2D eigenvalue weighted by molar-refractivity contribution is 0.170. The molecule has 0 spiro atoms. The second kappa shape index (κ2) is 5.35. The summed E-state index contributed by atoms with van der Waals surface area (Å²) in [6.07, 6.45) is 7.38. The van der Waals surface area contributed by atoms with E-state index in [4.69, 9.17) is 5.73 Å². The van der Waals surface area contributed by atoms with Gasteiger partial charge in [-0.05, 0) is 43.7 Å². The number of halogens is 1. The van der Waals surface area contributed by atoms with Gasteiger partial charge in [-0.2, -0.15) is 0 Å². The van der Waals surface area contributed by atoms with Crippen LogP contribution in [0.3, 0.4) is 0 Å². The molecule has 0 radical (unpaired) electrons. The van der Waals surface area contributed by atoms with Crippen molar-refractivity contribution in [3.8, 4) is 0 Å². The van der Waals surface area contributed by atoms with Crippen molar-refractivity contribution in [1.29, 1.82) is 0 Å². The molecule has 1 saturated carbocycles. The van der Waals surface area contributed by atoms with Gasteiger partial charge in [-0.15, -0.1) is 0 Å². The molecule has 0 aliphatic heterocycles. The molecule has 1 aliphatic carbocycles. The third-order valence-corrected chi connectivity index (χ3v) is 4.49. The fraction of sp³-hybridized carbons (Fsp3) is 0.667. The van der Waals surface area contributed by atoms with Crippen LogP contribution in [0.1, 0.15) is 51.6 Å². The standard InChI is InChI=1S/C15H23FN2/c1-3-11-5-4-6-12(9-11)15(2,17)14-8-7-13(16)10-18-14/h7-8,10-12H,3-6,9,17H2,1-2H3. The summed E-state index contributed by atoms with van der Waals surface area (Å²) in [7, 11) is 0. The number of hydrogen-bond donors (Lipinski definition) is 1. The highest BCUT2D eigenvalue weighted by Crippen LogP contribution is 2.40. The van der Waals surface area contributed by atoms with Gasteiger partial charge in [0.25, 0.3) is 0 Å². The summed E-state index contributed by atoms with van der Waals surface area (Å²) in [5.41, 5.74) is 6.86. The van der Waals surface area contributed by atoms with Crippen LogP contribution in [0.5, 0.6) is 0 Å². The molecule has 3 unspecified atom stereocenters. The van der Waals surface area contributed by atoms with E-state index in [-0.39, 0.29) is 5.82 Å². The van der Waals surface area contributed by atoms with Crippen molar-refractivity contribution < 1.29 is 4.39 Å². The van der Waals surface area contributed by atoms with Gasteiger partial charge >= 0.3 is 0 Å². The summed E-state index contributed by atoms with van der Waals surface area (Å²) in [6.45, 7) is 4.28. The third-order valence-electron chi connectivity index (χ3n) is 4.49. The van der Waals surface area contributed by atoms with Gasteiger partial charge in [-0.3, -0.25) is 4.98 Å². The summed E-state index contributed by atoms with van der Waals surface area (Å²) >= 11 is 0. The SMILES string of the molecule is CCC1CCCC(C(C)(N)c2ccc(F)cn2)C1. The largest absolute Gasteiger partial charge is 0.320 e. The highest BCUT2D eigenvalue weighted by Gasteiger charge is 2.36. The normalized spacial score (nSPS) is 27.8. The first-order chi connectivity index (χ1) is 8.54. The molecule has 2 rings (SSSR count). The zero-order chi connectivity index (χ0) is 13.2. The predicted octanol–water partition coefficient (Wildman–Crippen LogP) is 3.61. The van der Waals surface area contributed by atoms with Crippen molar-refractivity contribution in [2.45, 2.75) is 51.5 Å². The summed E-state index contributed by atoms with van der Waals surface area (Å²) in [4.78, 5) is 4.18. The van der Waals surface area contributed by atoms with Crippen LogP contribution in [0.4, 0.5) is 4.39 Å². The molecule has 18 heavy (non-hydrogen) atoms. The first kappa shape index (κ1) is 13.5. The first-order valence-electron chi connectivity index (χ1n) is 6.95. The molecule has 2 N–H and O–H groups in total. The van der Waals surface area contributed by atoms with Crippen LogP contribution in [0.15, 0.2) is 18.3 Å². The maximum Gasteiger partial charge on any atom is 0.141 e. The van der Waals surface area contributed by atoms with Gasteiger partial charge in [0.1, 0.15) is 5.82 Å². The Balaban J connectivity index is 2.16. The van der Waals surface area contributed by atoms with E-state index in [2.05, 4.69) is 11.9 Å². The van der Waals surface area contributed by atoms with Crippen LogP contribution in [0, 0.1) is 17.7 Å². The second-order valence-corrected chi connectivity index (χ2v) is 5.78. The van der Waals surface area contributed by atoms with E-state index in [1.165, 1.54) is 37.9 Å². The topological polar surface area (TPSA) is 38.9 Å². The average molecular weight is 250 g/mol. The molecule has 3 atom stereocenters. The van der Waals surface area contributed by atoms with E-state index >= 15 is 0 Å². The van der Waals surface area contributed by atoms with Crippen molar-refractivity contribution in [3.63, 3.8) is 0 Å². The van der Waals surface area contributed by atoms with Crippen LogP contribution in [-0.4, -0.2) is 4.98 Å². The molecule has 0 amide bonds. The van der Waals surface area contributed by atoms with Crippen LogP contribution in [0.2, 0.25) is 0 Å². The van der Waals surface area contributed by atoms with Crippen molar-refractivity contribution in [3.05, 3.63) is 29.8 Å². The second-order valence-electron chi connectivity index (χ2n) is 5.78. The summed E-state index contributed by atoms with van der Waals surface area (Å²) in [5.74, 6) is 0.936. The number of pyridine rings is 1. The van der Waals surface area contributed by atoms with E-state index < -0.39 is 5.54 Å². The minimum atomic E-state index is -0.443. The molecule has 0 bridgehead atoms. The van der Waals surface area contributed by atoms with Gasteiger partial charge in [0.2, 0.25) is 0 Å². The molecule has 0 saturated heterocycles. The molecule has 3 heteroatoms. The molecule has 2 nitrogen and oxygen atoms in total. The van der Waals surface area contributed by atoms with Crippen molar-refractivity contribution >= 4 is 0 Å². The highest BCUT2D eigenvalue weighted by atomic mass is 19.1. The Hall–Kier alpha value is -0.960. The predicted molar refractivity (Wildman–Crippen MR) is 71.5 cm³/mol. The Bertz CT molecular complexity index is 386. The van der Waals surface area contributed by atoms with Crippen LogP contribution < -0.4 is 5.73 Å². The van der Waals surface area contributed by atoms with Gasteiger partial charge in [0.05, 0.1) is 17.4 Å². The van der Waals surface area contributed by atoms with Crippen molar-refractivity contribution in [1.82, 2.24) is 4.98 Å². The molecular weight excluding hydrogens is 227 g/mol. The van der Waals surface area contributed by atoms with E-state index in [0.717, 1.165) is 18.0 Å². The minimum absolute atomic E-state index is 0.301. The zero-order valence-electron chi connectivity index (χ0n) is 11.3. The molecule has 1 fully saturated rings. The third kappa shape index (κ3) is 2.72. The fourth-order valence-electron chi connectivity index (χ4n) is 3.11. The lowest BCUT2D eigenvalue weighted by Crippen LogP contribution is -2.44. The highest BCUT2D eigenvalue weighted by molar-refractivity contribution is 5.16. The summed E-state index contributed by atoms with van der Waals surface area (Å²) in [5, 5.41) is 0. The maximum atomic E-state index is 12.9. The number of nitrogens with two attached hydrogens (primary N) is 1. The monoisotopic (exact) mass is 250 g/mol. The molecule has 0 aromatic carbocycles. The van der Waals surface area contributed by atoms with Gasteiger partial charge in [-0.25, -0.2) is 4.39 Å². The molecule has 1 heterocycles. The lowest BCUT2D eigenvalue weighted by atomic mass is 9.70. The summed E-state index contributed by atoms with van der Waals surface area (Å²) < 4.78 is 12.9. The molecule has 1 aromatic heterocycles. The number of hydrogen-bond acceptors (Lipinski definition) is 2. The quantitative estimate of drug-likeness (QED) is 0.890. The molecule has 100 valence electrons. The Morgan fingerprint density at radius 2 is 2.22 bits per heavy atom. The molecular formula is C15H23FN2. The van der Waals surface area contributed by atoms with E-state index in [9.17, 15) is 4.39 Å². The fourth-order valence-corrected chi connectivity index (χ4v) is 3.11. The first-order valence-corrected chi connectivity index (χ1v) is 6.95. The Kier molecular flexibility index (Phi) is 4.00. The van der Waals surface area contributed by atoms with Crippen molar-refractivity contribution in [2.24, 2.45) is 17.6 Å². The van der Waals surface area contributed by atoms with Gasteiger partial charge in [0.15, 0.2) is 0 Å². The van der Waals surface area contributed by atoms with E-state index in [1.54, 1.807) is 6.07 Å². The molecule has 1 aliphatic rings. The van der Waals surface area contributed by atoms with Crippen LogP contribution in [-0.2, 0) is 5.54 Å². The maximum absolute atomic E-state index is 12.9.